The number of anilines is 6. The van der Waals surface area contributed by atoms with E-state index in [2.05, 4.69) is 275 Å². The highest BCUT2D eigenvalue weighted by molar-refractivity contribution is 6.09. The average molecular weight is 806 g/mol. The first-order chi connectivity index (χ1) is 31.3. The number of nitrogens with zero attached hydrogens (tertiary/aromatic N) is 3. The minimum atomic E-state index is 1.05. The van der Waals surface area contributed by atoms with E-state index in [9.17, 15) is 0 Å². The van der Waals surface area contributed by atoms with E-state index in [0.29, 0.717) is 0 Å². The molecule has 0 N–H and O–H groups in total. The van der Waals surface area contributed by atoms with Crippen molar-refractivity contribution in [1.82, 2.24) is 4.57 Å². The van der Waals surface area contributed by atoms with Crippen molar-refractivity contribution in [3.05, 3.63) is 261 Å². The lowest BCUT2D eigenvalue weighted by atomic mass is 9.87. The van der Waals surface area contributed by atoms with E-state index >= 15 is 0 Å². The molecule has 298 valence electrons. The third kappa shape index (κ3) is 7.12. The third-order valence-corrected chi connectivity index (χ3v) is 11.9. The number of fused-ring (bicyclic) bond motifs is 3. The molecule has 0 aliphatic carbocycles. The molecule has 0 saturated heterocycles. The van der Waals surface area contributed by atoms with Gasteiger partial charge in [0.15, 0.2) is 0 Å². The monoisotopic (exact) mass is 805 g/mol. The van der Waals surface area contributed by atoms with E-state index < -0.39 is 0 Å². The van der Waals surface area contributed by atoms with Gasteiger partial charge in [-0.3, -0.25) is 0 Å². The van der Waals surface area contributed by atoms with Crippen molar-refractivity contribution in [2.75, 3.05) is 9.80 Å². The SMILES string of the molecule is c1ccc(-c2c(-c3cc(N(c4ccccc4)c4ccccc4)cc(N(c4ccccc4)c4ccccc4)c3)cccc2-c2cccc(-n3c4ccccc4c4ccccc43)c2)cc1. The Balaban J connectivity index is 1.17. The van der Waals surface area contributed by atoms with Gasteiger partial charge >= 0.3 is 0 Å². The molecule has 0 amide bonds. The molecule has 10 aromatic carbocycles. The van der Waals surface area contributed by atoms with Crippen LogP contribution in [0, 0.1) is 0 Å². The number of benzene rings is 10. The van der Waals surface area contributed by atoms with Crippen molar-refractivity contribution < 1.29 is 0 Å². The maximum atomic E-state index is 2.40. The number of hydrogen-bond acceptors (Lipinski definition) is 2. The van der Waals surface area contributed by atoms with Crippen LogP contribution in [0.15, 0.2) is 261 Å². The van der Waals surface area contributed by atoms with Crippen LogP contribution in [0.2, 0.25) is 0 Å². The summed E-state index contributed by atoms with van der Waals surface area (Å²) in [7, 11) is 0. The molecule has 1 heterocycles. The molecule has 11 rings (SSSR count). The standard InChI is InChI=1S/C60H43N3/c1-6-22-44(23-7-1)60-54(45-24-20-33-51(40-45)63-58-38-18-16-34-56(58)57-35-17-19-39-59(57)63)36-21-37-55(60)46-41-52(61(47-25-8-2-9-26-47)48-27-10-3-11-28-48)43-53(42-46)62(49-29-12-4-13-30-49)50-31-14-5-15-32-50/h1-43H. The lowest BCUT2D eigenvalue weighted by molar-refractivity contribution is 1.18. The number of para-hydroxylation sites is 6. The van der Waals surface area contributed by atoms with Gasteiger partial charge in [0.2, 0.25) is 0 Å². The lowest BCUT2D eigenvalue weighted by Crippen LogP contribution is -2.13. The van der Waals surface area contributed by atoms with Gasteiger partial charge in [-0.2, -0.15) is 0 Å². The van der Waals surface area contributed by atoms with Crippen molar-refractivity contribution >= 4 is 55.9 Å². The Morgan fingerprint density at radius 1 is 0.254 bits per heavy atom. The molecule has 63 heavy (non-hydrogen) atoms. The zero-order valence-corrected chi connectivity index (χ0v) is 34.7. The molecule has 0 fully saturated rings. The van der Waals surface area contributed by atoms with Crippen LogP contribution in [0.4, 0.5) is 34.1 Å². The van der Waals surface area contributed by atoms with Crippen molar-refractivity contribution in [1.29, 1.82) is 0 Å². The topological polar surface area (TPSA) is 11.4 Å². The second-order valence-electron chi connectivity index (χ2n) is 15.8. The Hall–Kier alpha value is -8.40. The first-order valence-corrected chi connectivity index (χ1v) is 21.5. The van der Waals surface area contributed by atoms with Crippen LogP contribution >= 0.6 is 0 Å². The van der Waals surface area contributed by atoms with Gasteiger partial charge in [-0.15, -0.1) is 0 Å². The summed E-state index contributed by atoms with van der Waals surface area (Å²) in [5.74, 6) is 0. The Kier molecular flexibility index (Phi) is 9.89. The summed E-state index contributed by atoms with van der Waals surface area (Å²) in [5, 5.41) is 2.50. The van der Waals surface area contributed by atoms with Gasteiger partial charge in [-0.1, -0.05) is 170 Å². The van der Waals surface area contributed by atoms with Crippen LogP contribution in [0.25, 0.3) is 60.9 Å². The molecule has 0 atom stereocenters. The van der Waals surface area contributed by atoms with Crippen molar-refractivity contribution in [3.8, 4) is 39.1 Å². The minimum Gasteiger partial charge on any atom is -0.310 e. The third-order valence-electron chi connectivity index (χ3n) is 11.9. The molecular formula is C60H43N3. The fourth-order valence-electron chi connectivity index (χ4n) is 9.17. The number of rotatable bonds is 10. The van der Waals surface area contributed by atoms with Crippen molar-refractivity contribution in [2.45, 2.75) is 0 Å². The summed E-state index contributed by atoms with van der Waals surface area (Å²) in [6.45, 7) is 0. The zero-order chi connectivity index (χ0) is 42.0. The molecule has 1 aromatic heterocycles. The zero-order valence-electron chi connectivity index (χ0n) is 34.7. The summed E-state index contributed by atoms with van der Waals surface area (Å²) in [6, 6.07) is 93.9. The second kappa shape index (κ2) is 16.6. The first-order valence-electron chi connectivity index (χ1n) is 21.5. The quantitative estimate of drug-likeness (QED) is 0.136. The van der Waals surface area contributed by atoms with Gasteiger partial charge in [-0.25, -0.2) is 0 Å². The Morgan fingerprint density at radius 2 is 0.635 bits per heavy atom. The lowest BCUT2D eigenvalue weighted by Gasteiger charge is -2.30. The predicted molar refractivity (Wildman–Crippen MR) is 266 cm³/mol. The predicted octanol–water partition coefficient (Wildman–Crippen LogP) is 16.7. The van der Waals surface area contributed by atoms with Gasteiger partial charge in [0, 0.05) is 50.6 Å². The second-order valence-corrected chi connectivity index (χ2v) is 15.8. The van der Waals surface area contributed by atoms with E-state index in [1.165, 1.54) is 32.9 Å². The molecule has 0 aliphatic rings. The fourth-order valence-corrected chi connectivity index (χ4v) is 9.17. The van der Waals surface area contributed by atoms with Crippen LogP contribution in [-0.2, 0) is 0 Å². The molecule has 3 nitrogen and oxygen atoms in total. The summed E-state index contributed by atoms with van der Waals surface area (Å²) < 4.78 is 2.40. The van der Waals surface area contributed by atoms with E-state index in [-0.39, 0.29) is 0 Å². The molecule has 0 spiro atoms. The molecule has 11 aromatic rings. The highest BCUT2D eigenvalue weighted by atomic mass is 15.2. The highest BCUT2D eigenvalue weighted by Gasteiger charge is 2.22. The summed E-state index contributed by atoms with van der Waals surface area (Å²) in [5.41, 5.74) is 16.8. The molecule has 0 radical (unpaired) electrons. The van der Waals surface area contributed by atoms with Crippen LogP contribution in [0.5, 0.6) is 0 Å². The summed E-state index contributed by atoms with van der Waals surface area (Å²) in [6.07, 6.45) is 0. The maximum Gasteiger partial charge on any atom is 0.0541 e. The van der Waals surface area contributed by atoms with Crippen molar-refractivity contribution in [3.63, 3.8) is 0 Å². The highest BCUT2D eigenvalue weighted by Crippen LogP contribution is 2.47. The fraction of sp³-hybridized carbons (Fsp3) is 0. The van der Waals surface area contributed by atoms with E-state index in [0.717, 1.165) is 62.1 Å². The number of hydrogen-bond donors (Lipinski definition) is 0. The van der Waals surface area contributed by atoms with E-state index in [1.807, 2.05) is 0 Å². The van der Waals surface area contributed by atoms with Crippen LogP contribution < -0.4 is 9.80 Å². The van der Waals surface area contributed by atoms with Crippen LogP contribution in [-0.4, -0.2) is 4.57 Å². The molecular weight excluding hydrogens is 763 g/mol. The van der Waals surface area contributed by atoms with E-state index in [1.54, 1.807) is 0 Å². The van der Waals surface area contributed by atoms with Gasteiger partial charge < -0.3 is 14.4 Å². The molecule has 0 aliphatic heterocycles. The number of aromatic nitrogens is 1. The van der Waals surface area contributed by atoms with Crippen LogP contribution in [0.3, 0.4) is 0 Å². The Bertz CT molecular complexity index is 3090. The van der Waals surface area contributed by atoms with Gasteiger partial charge in [0.25, 0.3) is 0 Å². The summed E-state index contributed by atoms with van der Waals surface area (Å²) >= 11 is 0. The molecule has 0 saturated carbocycles. The largest absolute Gasteiger partial charge is 0.310 e. The minimum absolute atomic E-state index is 1.05. The van der Waals surface area contributed by atoms with Crippen LogP contribution in [0.1, 0.15) is 0 Å². The molecule has 0 unspecified atom stereocenters. The first kappa shape index (κ1) is 37.6. The smallest absolute Gasteiger partial charge is 0.0541 e. The average Bonchev–Trinajstić information content (AvgIpc) is 3.70. The van der Waals surface area contributed by atoms with Gasteiger partial charge in [-0.05, 0) is 124 Å². The van der Waals surface area contributed by atoms with E-state index in [4.69, 9.17) is 0 Å². The maximum absolute atomic E-state index is 2.40. The van der Waals surface area contributed by atoms with Gasteiger partial charge in [0.1, 0.15) is 0 Å². The van der Waals surface area contributed by atoms with Gasteiger partial charge in [0.05, 0.1) is 11.0 Å². The Morgan fingerprint density at radius 3 is 1.11 bits per heavy atom. The molecule has 3 heteroatoms. The Labute approximate surface area is 368 Å². The van der Waals surface area contributed by atoms with Crippen molar-refractivity contribution in [2.24, 2.45) is 0 Å². The normalized spacial score (nSPS) is 11.2. The molecule has 0 bridgehead atoms. The summed E-state index contributed by atoms with van der Waals surface area (Å²) in [4.78, 5) is 4.73.